The molecule has 116 valence electrons. The summed E-state index contributed by atoms with van der Waals surface area (Å²) in [5, 5.41) is 3.56. The molecule has 1 aliphatic heterocycles. The van der Waals surface area contributed by atoms with Gasteiger partial charge in [-0.1, -0.05) is 30.3 Å². The second-order valence-electron chi connectivity index (χ2n) is 5.77. The molecule has 1 aliphatic rings. The molecule has 22 heavy (non-hydrogen) atoms. The second-order valence-corrected chi connectivity index (χ2v) is 5.77. The largest absolute Gasteiger partial charge is 0.497 e. The van der Waals surface area contributed by atoms with Crippen LogP contribution in [0.3, 0.4) is 0 Å². The molecule has 0 spiro atoms. The standard InChI is InChI=1S/C19H23NO2/c1-21-18-7-9-19(10-8-18)22-14-17-13-16(11-12-20-17)15-5-3-2-4-6-15/h2-10,16-17,20H,11-14H2,1H3/t16-,17-/m0/s1. The van der Waals surface area contributed by atoms with Crippen molar-refractivity contribution < 1.29 is 9.47 Å². The molecule has 1 N–H and O–H groups in total. The van der Waals surface area contributed by atoms with Crippen LogP contribution in [0.1, 0.15) is 24.3 Å². The van der Waals surface area contributed by atoms with Crippen molar-refractivity contribution in [2.75, 3.05) is 20.3 Å². The smallest absolute Gasteiger partial charge is 0.119 e. The molecule has 3 nitrogen and oxygen atoms in total. The van der Waals surface area contributed by atoms with Crippen LogP contribution < -0.4 is 14.8 Å². The molecule has 0 aromatic heterocycles. The van der Waals surface area contributed by atoms with Crippen LogP contribution in [-0.2, 0) is 0 Å². The zero-order chi connectivity index (χ0) is 15.2. The summed E-state index contributed by atoms with van der Waals surface area (Å²) in [6.07, 6.45) is 2.32. The van der Waals surface area contributed by atoms with E-state index < -0.39 is 0 Å². The SMILES string of the molecule is COc1ccc(OC[C@@H]2C[C@@H](c3ccccc3)CCN2)cc1. The molecule has 1 fully saturated rings. The van der Waals surface area contributed by atoms with Gasteiger partial charge >= 0.3 is 0 Å². The molecule has 0 unspecified atom stereocenters. The third-order valence-electron chi connectivity index (χ3n) is 4.28. The summed E-state index contributed by atoms with van der Waals surface area (Å²) in [6.45, 7) is 1.76. The molecular weight excluding hydrogens is 274 g/mol. The molecule has 2 atom stereocenters. The van der Waals surface area contributed by atoms with Gasteiger partial charge in [0.25, 0.3) is 0 Å². The van der Waals surface area contributed by atoms with Gasteiger partial charge in [-0.05, 0) is 55.1 Å². The second kappa shape index (κ2) is 7.32. The predicted octanol–water partition coefficient (Wildman–Crippen LogP) is 3.61. The number of rotatable bonds is 5. The minimum atomic E-state index is 0.404. The highest BCUT2D eigenvalue weighted by molar-refractivity contribution is 5.31. The van der Waals surface area contributed by atoms with E-state index in [0.29, 0.717) is 18.6 Å². The third kappa shape index (κ3) is 3.80. The fourth-order valence-corrected chi connectivity index (χ4v) is 3.03. The Morgan fingerprint density at radius 3 is 2.45 bits per heavy atom. The maximum atomic E-state index is 5.91. The van der Waals surface area contributed by atoms with Crippen LogP contribution in [0.2, 0.25) is 0 Å². The van der Waals surface area contributed by atoms with E-state index in [2.05, 4.69) is 35.6 Å². The molecule has 2 aromatic rings. The Hall–Kier alpha value is -2.00. The van der Waals surface area contributed by atoms with Crippen LogP contribution in [0.15, 0.2) is 54.6 Å². The van der Waals surface area contributed by atoms with Crippen LogP contribution in [0.5, 0.6) is 11.5 Å². The summed E-state index contributed by atoms with van der Waals surface area (Å²) in [6, 6.07) is 19.0. The van der Waals surface area contributed by atoms with Gasteiger partial charge in [-0.25, -0.2) is 0 Å². The summed E-state index contributed by atoms with van der Waals surface area (Å²) in [5.41, 5.74) is 1.44. The van der Waals surface area contributed by atoms with E-state index in [1.165, 1.54) is 12.0 Å². The maximum Gasteiger partial charge on any atom is 0.119 e. The summed E-state index contributed by atoms with van der Waals surface area (Å²) < 4.78 is 11.1. The highest BCUT2D eigenvalue weighted by atomic mass is 16.5. The Morgan fingerprint density at radius 2 is 1.73 bits per heavy atom. The first-order valence-electron chi connectivity index (χ1n) is 7.90. The molecule has 1 saturated heterocycles. The van der Waals surface area contributed by atoms with Gasteiger partial charge in [0, 0.05) is 6.04 Å². The van der Waals surface area contributed by atoms with Crippen molar-refractivity contribution in [3.63, 3.8) is 0 Å². The van der Waals surface area contributed by atoms with Crippen molar-refractivity contribution in [3.05, 3.63) is 60.2 Å². The quantitative estimate of drug-likeness (QED) is 0.914. The van der Waals surface area contributed by atoms with Gasteiger partial charge in [0.2, 0.25) is 0 Å². The Morgan fingerprint density at radius 1 is 1.00 bits per heavy atom. The molecule has 0 aliphatic carbocycles. The van der Waals surface area contributed by atoms with Gasteiger partial charge < -0.3 is 14.8 Å². The first-order chi connectivity index (χ1) is 10.8. The molecular formula is C19H23NO2. The lowest BCUT2D eigenvalue weighted by molar-refractivity contribution is 0.228. The van der Waals surface area contributed by atoms with Gasteiger partial charge in [-0.2, -0.15) is 0 Å². The average molecular weight is 297 g/mol. The van der Waals surface area contributed by atoms with Gasteiger partial charge in [0.05, 0.1) is 7.11 Å². The number of hydrogen-bond acceptors (Lipinski definition) is 3. The van der Waals surface area contributed by atoms with Crippen molar-refractivity contribution >= 4 is 0 Å². The van der Waals surface area contributed by atoms with Crippen molar-refractivity contribution in [3.8, 4) is 11.5 Å². The summed E-state index contributed by atoms with van der Waals surface area (Å²) in [5.74, 6) is 2.38. The monoisotopic (exact) mass is 297 g/mol. The summed E-state index contributed by atoms with van der Waals surface area (Å²) in [7, 11) is 1.67. The van der Waals surface area contributed by atoms with E-state index in [9.17, 15) is 0 Å². The first-order valence-corrected chi connectivity index (χ1v) is 7.90. The van der Waals surface area contributed by atoms with Crippen molar-refractivity contribution in [2.45, 2.75) is 24.8 Å². The summed E-state index contributed by atoms with van der Waals surface area (Å²) in [4.78, 5) is 0. The molecule has 0 radical (unpaired) electrons. The van der Waals surface area contributed by atoms with Crippen LogP contribution in [-0.4, -0.2) is 26.3 Å². The zero-order valence-electron chi connectivity index (χ0n) is 13.0. The lowest BCUT2D eigenvalue weighted by Crippen LogP contribution is -2.41. The topological polar surface area (TPSA) is 30.5 Å². The first kappa shape index (κ1) is 14.9. The van der Waals surface area contributed by atoms with Crippen molar-refractivity contribution in [2.24, 2.45) is 0 Å². The fraction of sp³-hybridized carbons (Fsp3) is 0.368. The maximum absolute atomic E-state index is 5.91. The average Bonchev–Trinajstić information content (AvgIpc) is 2.61. The molecule has 3 heteroatoms. The van der Waals surface area contributed by atoms with E-state index in [4.69, 9.17) is 9.47 Å². The van der Waals surface area contributed by atoms with Crippen LogP contribution in [0.4, 0.5) is 0 Å². The predicted molar refractivity (Wildman–Crippen MR) is 88.7 cm³/mol. The lowest BCUT2D eigenvalue weighted by Gasteiger charge is -2.30. The molecule has 2 aromatic carbocycles. The van der Waals surface area contributed by atoms with Crippen LogP contribution in [0.25, 0.3) is 0 Å². The Kier molecular flexibility index (Phi) is 4.96. The molecule has 0 saturated carbocycles. The van der Waals surface area contributed by atoms with E-state index in [1.807, 2.05) is 24.3 Å². The number of ether oxygens (including phenoxy) is 2. The number of benzene rings is 2. The highest BCUT2D eigenvalue weighted by Crippen LogP contribution is 2.28. The Balaban J connectivity index is 1.54. The minimum Gasteiger partial charge on any atom is -0.497 e. The van der Waals surface area contributed by atoms with E-state index in [1.54, 1.807) is 7.11 Å². The Labute approximate surface area is 132 Å². The number of piperidine rings is 1. The van der Waals surface area contributed by atoms with Gasteiger partial charge in [0.15, 0.2) is 0 Å². The van der Waals surface area contributed by atoms with Crippen LogP contribution >= 0.6 is 0 Å². The third-order valence-corrected chi connectivity index (χ3v) is 4.28. The molecule has 3 rings (SSSR count). The van der Waals surface area contributed by atoms with Gasteiger partial charge in [-0.15, -0.1) is 0 Å². The lowest BCUT2D eigenvalue weighted by atomic mass is 9.87. The minimum absolute atomic E-state index is 0.404. The van der Waals surface area contributed by atoms with Gasteiger partial charge in [0.1, 0.15) is 18.1 Å². The van der Waals surface area contributed by atoms with Crippen molar-refractivity contribution in [1.82, 2.24) is 5.32 Å². The van der Waals surface area contributed by atoms with E-state index >= 15 is 0 Å². The highest BCUT2D eigenvalue weighted by Gasteiger charge is 2.23. The van der Waals surface area contributed by atoms with E-state index in [0.717, 1.165) is 24.5 Å². The number of nitrogens with one attached hydrogen (secondary N) is 1. The van der Waals surface area contributed by atoms with E-state index in [-0.39, 0.29) is 0 Å². The molecule has 1 heterocycles. The number of hydrogen-bond donors (Lipinski definition) is 1. The van der Waals surface area contributed by atoms with Crippen LogP contribution in [0, 0.1) is 0 Å². The fourth-order valence-electron chi connectivity index (χ4n) is 3.03. The summed E-state index contributed by atoms with van der Waals surface area (Å²) >= 11 is 0. The Bertz CT molecular complexity index is 568. The molecule has 0 bridgehead atoms. The normalized spacial score (nSPS) is 21.3. The van der Waals surface area contributed by atoms with Crippen molar-refractivity contribution in [1.29, 1.82) is 0 Å². The number of methoxy groups -OCH3 is 1. The van der Waals surface area contributed by atoms with Gasteiger partial charge in [-0.3, -0.25) is 0 Å². The molecule has 0 amide bonds. The zero-order valence-corrected chi connectivity index (χ0v) is 13.0.